The summed E-state index contributed by atoms with van der Waals surface area (Å²) in [5.41, 5.74) is 6.78. The van der Waals surface area contributed by atoms with E-state index in [9.17, 15) is 4.79 Å². The van der Waals surface area contributed by atoms with E-state index in [4.69, 9.17) is 11.6 Å². The van der Waals surface area contributed by atoms with Crippen LogP contribution in [0, 0.1) is 6.92 Å². The monoisotopic (exact) mass is 394 g/mol. The van der Waals surface area contributed by atoms with Gasteiger partial charge < -0.3 is 4.90 Å². The third kappa shape index (κ3) is 4.49. The summed E-state index contributed by atoms with van der Waals surface area (Å²) in [5.74, 6) is -0.275. The van der Waals surface area contributed by atoms with E-state index in [0.717, 1.165) is 35.2 Å². The Hall–Kier alpha value is -2.92. The van der Waals surface area contributed by atoms with E-state index < -0.39 is 0 Å². The highest BCUT2D eigenvalue weighted by atomic mass is 35.5. The normalized spacial score (nSPS) is 11.1. The van der Waals surface area contributed by atoms with Crippen LogP contribution in [-0.2, 0) is 0 Å². The fraction of sp³-hybridized carbons (Fsp3) is 0.227. The molecule has 0 bridgehead atoms. The molecule has 3 aromatic rings. The molecule has 0 aliphatic carbocycles. The van der Waals surface area contributed by atoms with Gasteiger partial charge in [-0.15, -0.1) is 0 Å². The number of amides is 1. The lowest BCUT2D eigenvalue weighted by Crippen LogP contribution is -2.22. The van der Waals surface area contributed by atoms with Gasteiger partial charge in [0.25, 0.3) is 5.91 Å². The number of anilines is 1. The lowest BCUT2D eigenvalue weighted by atomic mass is 10.1. The number of halogens is 1. The maximum atomic E-state index is 12.3. The average Bonchev–Trinajstić information content (AvgIpc) is 2.70. The van der Waals surface area contributed by atoms with Crippen molar-refractivity contribution in [3.63, 3.8) is 0 Å². The zero-order chi connectivity index (χ0) is 20.1. The van der Waals surface area contributed by atoms with Crippen LogP contribution in [0.3, 0.4) is 0 Å². The van der Waals surface area contributed by atoms with Crippen molar-refractivity contribution in [1.82, 2.24) is 10.4 Å². The number of carbonyl (C=O) groups is 1. The van der Waals surface area contributed by atoms with E-state index in [1.165, 1.54) is 6.21 Å². The van der Waals surface area contributed by atoms with Crippen molar-refractivity contribution in [3.8, 4) is 0 Å². The molecule has 0 spiro atoms. The van der Waals surface area contributed by atoms with Crippen molar-refractivity contribution >= 4 is 40.3 Å². The van der Waals surface area contributed by atoms with Crippen molar-refractivity contribution < 1.29 is 4.79 Å². The lowest BCUT2D eigenvalue weighted by molar-refractivity contribution is 0.0955. The number of aryl methyl sites for hydroxylation is 1. The quantitative estimate of drug-likeness (QED) is 0.371. The van der Waals surface area contributed by atoms with Crippen LogP contribution in [0.2, 0.25) is 5.15 Å². The number of hydrogen-bond donors (Lipinski definition) is 1. The minimum absolute atomic E-state index is 0.275. The number of hydrazone groups is 1. The Bertz CT molecular complexity index is 1010. The molecule has 3 rings (SSSR count). The van der Waals surface area contributed by atoms with E-state index in [1.54, 1.807) is 12.1 Å². The van der Waals surface area contributed by atoms with Crippen LogP contribution in [0.1, 0.15) is 35.3 Å². The largest absolute Gasteiger partial charge is 0.372 e. The van der Waals surface area contributed by atoms with Crippen LogP contribution in [0.15, 0.2) is 53.6 Å². The molecule has 28 heavy (non-hydrogen) atoms. The first kappa shape index (κ1) is 19.8. The molecular weight excluding hydrogens is 372 g/mol. The molecule has 0 fully saturated rings. The van der Waals surface area contributed by atoms with Gasteiger partial charge in [0.1, 0.15) is 5.15 Å². The molecule has 1 N–H and O–H groups in total. The van der Waals surface area contributed by atoms with Crippen molar-refractivity contribution in [2.75, 3.05) is 18.0 Å². The summed E-state index contributed by atoms with van der Waals surface area (Å²) in [7, 11) is 0. The van der Waals surface area contributed by atoms with Crippen molar-refractivity contribution in [1.29, 1.82) is 0 Å². The zero-order valence-electron chi connectivity index (χ0n) is 16.2. The number of fused-ring (bicyclic) bond motifs is 1. The molecule has 0 saturated heterocycles. The fourth-order valence-electron chi connectivity index (χ4n) is 3.00. The lowest BCUT2D eigenvalue weighted by Gasteiger charge is -2.20. The van der Waals surface area contributed by atoms with Crippen LogP contribution in [0.5, 0.6) is 0 Å². The van der Waals surface area contributed by atoms with E-state index >= 15 is 0 Å². The van der Waals surface area contributed by atoms with Crippen LogP contribution < -0.4 is 10.3 Å². The van der Waals surface area contributed by atoms with Crippen molar-refractivity contribution in [2.24, 2.45) is 5.10 Å². The maximum Gasteiger partial charge on any atom is 0.271 e. The number of nitrogens with zero attached hydrogens (tertiary/aromatic N) is 3. The predicted octanol–water partition coefficient (Wildman–Crippen LogP) is 4.81. The van der Waals surface area contributed by atoms with E-state index in [1.807, 2.05) is 43.3 Å². The second-order valence-corrected chi connectivity index (χ2v) is 6.84. The molecule has 144 valence electrons. The van der Waals surface area contributed by atoms with Crippen LogP contribution in [0.25, 0.3) is 10.9 Å². The van der Waals surface area contributed by atoms with Crippen LogP contribution in [0.4, 0.5) is 5.69 Å². The molecule has 1 heterocycles. The molecule has 0 aliphatic heterocycles. The van der Waals surface area contributed by atoms with Gasteiger partial charge in [-0.3, -0.25) is 4.79 Å². The number of rotatable bonds is 6. The van der Waals surface area contributed by atoms with Crippen molar-refractivity contribution in [2.45, 2.75) is 20.8 Å². The van der Waals surface area contributed by atoms with Gasteiger partial charge >= 0.3 is 0 Å². The first-order valence-corrected chi connectivity index (χ1v) is 9.65. The SMILES string of the molecule is CCN(CC)c1ccc(C(=O)N/N=C\c2cc3ccc(C)cc3nc2Cl)cc1. The summed E-state index contributed by atoms with van der Waals surface area (Å²) in [6.45, 7) is 8.06. The number of nitrogens with one attached hydrogen (secondary N) is 1. The summed E-state index contributed by atoms with van der Waals surface area (Å²) < 4.78 is 0. The average molecular weight is 395 g/mol. The van der Waals surface area contributed by atoms with Gasteiger partial charge in [0.2, 0.25) is 0 Å². The highest BCUT2D eigenvalue weighted by molar-refractivity contribution is 6.32. The third-order valence-electron chi connectivity index (χ3n) is 4.58. The smallest absolute Gasteiger partial charge is 0.271 e. The molecule has 0 atom stereocenters. The summed E-state index contributed by atoms with van der Waals surface area (Å²) in [5, 5.41) is 5.35. The van der Waals surface area contributed by atoms with Gasteiger partial charge in [0.15, 0.2) is 0 Å². The van der Waals surface area contributed by atoms with Gasteiger partial charge in [-0.05, 0) is 62.7 Å². The van der Waals surface area contributed by atoms with Gasteiger partial charge in [-0.25, -0.2) is 10.4 Å². The van der Waals surface area contributed by atoms with Gasteiger partial charge in [-0.2, -0.15) is 5.10 Å². The Labute approximate surface area is 170 Å². The van der Waals surface area contributed by atoms with Crippen molar-refractivity contribution in [3.05, 3.63) is 70.4 Å². The minimum Gasteiger partial charge on any atom is -0.372 e. The second-order valence-electron chi connectivity index (χ2n) is 6.48. The number of benzene rings is 2. The molecule has 1 aromatic heterocycles. The number of hydrogen-bond acceptors (Lipinski definition) is 4. The molecule has 0 radical (unpaired) electrons. The van der Waals surface area contributed by atoms with Gasteiger partial charge in [-0.1, -0.05) is 23.7 Å². The molecule has 0 saturated carbocycles. The summed E-state index contributed by atoms with van der Waals surface area (Å²) in [6, 6.07) is 15.4. The Kier molecular flexibility index (Phi) is 6.26. The van der Waals surface area contributed by atoms with E-state index in [0.29, 0.717) is 16.3 Å². The Morgan fingerprint density at radius 3 is 2.54 bits per heavy atom. The highest BCUT2D eigenvalue weighted by Gasteiger charge is 2.07. The summed E-state index contributed by atoms with van der Waals surface area (Å²) in [6.07, 6.45) is 1.51. The topological polar surface area (TPSA) is 57.6 Å². The maximum absolute atomic E-state index is 12.3. The summed E-state index contributed by atoms with van der Waals surface area (Å²) >= 11 is 6.24. The second kappa shape index (κ2) is 8.85. The molecule has 0 aliphatic rings. The third-order valence-corrected chi connectivity index (χ3v) is 4.88. The first-order chi connectivity index (χ1) is 13.5. The minimum atomic E-state index is -0.275. The van der Waals surface area contributed by atoms with E-state index in [2.05, 4.69) is 34.3 Å². The predicted molar refractivity (Wildman–Crippen MR) is 117 cm³/mol. The van der Waals surface area contributed by atoms with Crippen LogP contribution in [-0.4, -0.2) is 30.2 Å². The molecule has 2 aromatic carbocycles. The number of aromatic nitrogens is 1. The highest BCUT2D eigenvalue weighted by Crippen LogP contribution is 2.20. The number of carbonyl (C=O) groups excluding carboxylic acids is 1. The Morgan fingerprint density at radius 1 is 1.14 bits per heavy atom. The standard InChI is InChI=1S/C22H23ClN4O/c1-4-27(5-2)19-10-8-16(9-11-19)22(28)26-24-14-18-13-17-7-6-15(3)12-20(17)25-21(18)23/h6-14H,4-5H2,1-3H3,(H,26,28)/b24-14-. The van der Waals surface area contributed by atoms with E-state index in [-0.39, 0.29) is 5.91 Å². The first-order valence-electron chi connectivity index (χ1n) is 9.27. The fourth-order valence-corrected chi connectivity index (χ4v) is 3.19. The van der Waals surface area contributed by atoms with Gasteiger partial charge in [0.05, 0.1) is 11.7 Å². The summed E-state index contributed by atoms with van der Waals surface area (Å²) in [4.78, 5) is 18.9. The molecule has 6 heteroatoms. The van der Waals surface area contributed by atoms with Crippen LogP contribution >= 0.6 is 11.6 Å². The Balaban J connectivity index is 1.70. The zero-order valence-corrected chi connectivity index (χ0v) is 17.0. The molecule has 1 amide bonds. The molecule has 0 unspecified atom stereocenters. The number of pyridine rings is 1. The molecule has 5 nitrogen and oxygen atoms in total. The van der Waals surface area contributed by atoms with Gasteiger partial charge in [0, 0.05) is 35.3 Å². The molecular formula is C22H23ClN4O. The Morgan fingerprint density at radius 2 is 1.86 bits per heavy atom.